The fourth-order valence-corrected chi connectivity index (χ4v) is 2.15. The van der Waals surface area contributed by atoms with Crippen LogP contribution in [0.5, 0.6) is 0 Å². The van der Waals surface area contributed by atoms with Crippen LogP contribution >= 0.6 is 0 Å². The predicted molar refractivity (Wildman–Crippen MR) is 56.7 cm³/mol. The van der Waals surface area contributed by atoms with Gasteiger partial charge < -0.3 is 11.5 Å². The quantitative estimate of drug-likeness (QED) is 0.635. The first-order chi connectivity index (χ1) is 6.74. The third-order valence-corrected chi connectivity index (χ3v) is 2.85. The molecule has 0 aliphatic heterocycles. The summed E-state index contributed by atoms with van der Waals surface area (Å²) < 4.78 is 0. The molecule has 1 saturated carbocycles. The Balaban J connectivity index is 2.37. The fraction of sp³-hybridized carbons (Fsp3) is 0.900. The zero-order valence-corrected chi connectivity index (χ0v) is 8.74. The molecule has 0 aromatic heterocycles. The van der Waals surface area contributed by atoms with E-state index in [9.17, 15) is 4.79 Å². The second-order valence-corrected chi connectivity index (χ2v) is 4.02. The molecule has 0 spiro atoms. The molecular formula is C10H21N3O. The van der Waals surface area contributed by atoms with Crippen LogP contribution in [-0.4, -0.2) is 36.5 Å². The molecule has 0 bridgehead atoms. The molecule has 0 aromatic carbocycles. The maximum atomic E-state index is 10.9. The Morgan fingerprint density at radius 3 is 2.50 bits per heavy atom. The lowest BCUT2D eigenvalue weighted by molar-refractivity contribution is -0.119. The third-order valence-electron chi connectivity index (χ3n) is 2.85. The van der Waals surface area contributed by atoms with Crippen LogP contribution < -0.4 is 11.5 Å². The summed E-state index contributed by atoms with van der Waals surface area (Å²) in [6, 6.07) is 0.564. The van der Waals surface area contributed by atoms with Crippen molar-refractivity contribution in [3.05, 3.63) is 0 Å². The molecule has 1 fully saturated rings. The molecule has 1 rings (SSSR count). The number of hydrogen-bond acceptors (Lipinski definition) is 3. The van der Waals surface area contributed by atoms with E-state index in [2.05, 4.69) is 4.90 Å². The van der Waals surface area contributed by atoms with Gasteiger partial charge in [0.1, 0.15) is 0 Å². The van der Waals surface area contributed by atoms with Crippen LogP contribution in [0.25, 0.3) is 0 Å². The minimum atomic E-state index is -0.228. The highest BCUT2D eigenvalue weighted by Gasteiger charge is 2.22. The van der Waals surface area contributed by atoms with E-state index in [4.69, 9.17) is 11.5 Å². The SMILES string of the molecule is NCCCN(CC(N)=O)C1CCCC1. The van der Waals surface area contributed by atoms with Gasteiger partial charge in [-0.05, 0) is 25.8 Å². The van der Waals surface area contributed by atoms with Crippen molar-refractivity contribution in [2.75, 3.05) is 19.6 Å². The summed E-state index contributed by atoms with van der Waals surface area (Å²) in [5.41, 5.74) is 10.7. The number of hydrogen-bond donors (Lipinski definition) is 2. The minimum Gasteiger partial charge on any atom is -0.369 e. The second kappa shape index (κ2) is 5.98. The highest BCUT2D eigenvalue weighted by molar-refractivity contribution is 5.75. The smallest absolute Gasteiger partial charge is 0.231 e. The second-order valence-electron chi connectivity index (χ2n) is 4.02. The Bertz CT molecular complexity index is 178. The fourth-order valence-electron chi connectivity index (χ4n) is 2.15. The maximum absolute atomic E-state index is 10.9. The van der Waals surface area contributed by atoms with E-state index >= 15 is 0 Å². The van der Waals surface area contributed by atoms with E-state index in [1.807, 2.05) is 0 Å². The molecule has 4 N–H and O–H groups in total. The summed E-state index contributed by atoms with van der Waals surface area (Å²) in [5, 5.41) is 0. The van der Waals surface area contributed by atoms with Crippen LogP contribution in [0.3, 0.4) is 0 Å². The molecule has 4 heteroatoms. The molecule has 0 radical (unpaired) electrons. The number of amides is 1. The van der Waals surface area contributed by atoms with Gasteiger partial charge in [0.2, 0.25) is 5.91 Å². The lowest BCUT2D eigenvalue weighted by Gasteiger charge is -2.27. The van der Waals surface area contributed by atoms with E-state index in [0.29, 0.717) is 19.1 Å². The van der Waals surface area contributed by atoms with Crippen molar-refractivity contribution in [2.45, 2.75) is 38.1 Å². The summed E-state index contributed by atoms with van der Waals surface area (Å²) in [5.74, 6) is -0.228. The molecule has 0 unspecified atom stereocenters. The van der Waals surface area contributed by atoms with Gasteiger partial charge in [-0.25, -0.2) is 0 Å². The van der Waals surface area contributed by atoms with Gasteiger partial charge in [0.05, 0.1) is 6.54 Å². The van der Waals surface area contributed by atoms with Crippen molar-refractivity contribution in [3.8, 4) is 0 Å². The summed E-state index contributed by atoms with van der Waals surface area (Å²) >= 11 is 0. The number of carbonyl (C=O) groups excluding carboxylic acids is 1. The van der Waals surface area contributed by atoms with Gasteiger partial charge in [0.25, 0.3) is 0 Å². The first kappa shape index (κ1) is 11.5. The zero-order chi connectivity index (χ0) is 10.4. The average molecular weight is 199 g/mol. The standard InChI is InChI=1S/C10H21N3O/c11-6-3-7-13(8-10(12)14)9-4-1-2-5-9/h9H,1-8,11H2,(H2,12,14). The topological polar surface area (TPSA) is 72.3 Å². The van der Waals surface area contributed by atoms with Crippen LogP contribution in [0.2, 0.25) is 0 Å². The first-order valence-corrected chi connectivity index (χ1v) is 5.46. The Kier molecular flexibility index (Phi) is 4.90. The van der Waals surface area contributed by atoms with Crippen molar-refractivity contribution in [1.29, 1.82) is 0 Å². The molecule has 0 atom stereocenters. The lowest BCUT2D eigenvalue weighted by Crippen LogP contribution is -2.41. The predicted octanol–water partition coefficient (Wildman–Crippen LogP) is 0.0651. The Labute approximate surface area is 85.6 Å². The van der Waals surface area contributed by atoms with Crippen molar-refractivity contribution in [2.24, 2.45) is 11.5 Å². The van der Waals surface area contributed by atoms with Crippen LogP contribution in [0, 0.1) is 0 Å². The van der Waals surface area contributed by atoms with E-state index in [-0.39, 0.29) is 5.91 Å². The number of nitrogens with two attached hydrogens (primary N) is 2. The van der Waals surface area contributed by atoms with Crippen LogP contribution in [0.15, 0.2) is 0 Å². The van der Waals surface area contributed by atoms with E-state index in [1.165, 1.54) is 25.7 Å². The first-order valence-electron chi connectivity index (χ1n) is 5.46. The normalized spacial score (nSPS) is 17.9. The Morgan fingerprint density at radius 2 is 2.00 bits per heavy atom. The van der Waals surface area contributed by atoms with Crippen molar-refractivity contribution >= 4 is 5.91 Å². The highest BCUT2D eigenvalue weighted by atomic mass is 16.1. The molecule has 0 heterocycles. The van der Waals surface area contributed by atoms with Crippen LogP contribution in [0.1, 0.15) is 32.1 Å². The third kappa shape index (κ3) is 3.64. The molecule has 82 valence electrons. The largest absolute Gasteiger partial charge is 0.369 e. The zero-order valence-electron chi connectivity index (χ0n) is 8.74. The Hall–Kier alpha value is -0.610. The van der Waals surface area contributed by atoms with Gasteiger partial charge in [-0.1, -0.05) is 12.8 Å². The van der Waals surface area contributed by atoms with E-state index < -0.39 is 0 Å². The van der Waals surface area contributed by atoms with Crippen LogP contribution in [0.4, 0.5) is 0 Å². The number of primary amides is 1. The van der Waals surface area contributed by atoms with E-state index in [1.54, 1.807) is 0 Å². The maximum Gasteiger partial charge on any atom is 0.231 e. The molecule has 0 saturated heterocycles. The van der Waals surface area contributed by atoms with Gasteiger partial charge in [-0.15, -0.1) is 0 Å². The van der Waals surface area contributed by atoms with Crippen molar-refractivity contribution in [1.82, 2.24) is 4.90 Å². The summed E-state index contributed by atoms with van der Waals surface area (Å²) in [6.07, 6.45) is 5.92. The number of nitrogens with zero attached hydrogens (tertiary/aromatic N) is 1. The van der Waals surface area contributed by atoms with Gasteiger partial charge in [-0.3, -0.25) is 9.69 Å². The van der Waals surface area contributed by atoms with Gasteiger partial charge in [-0.2, -0.15) is 0 Å². The molecular weight excluding hydrogens is 178 g/mol. The number of carbonyl (C=O) groups is 1. The average Bonchev–Trinajstić information content (AvgIpc) is 2.64. The summed E-state index contributed by atoms with van der Waals surface area (Å²) in [7, 11) is 0. The van der Waals surface area contributed by atoms with Gasteiger partial charge in [0.15, 0.2) is 0 Å². The lowest BCUT2D eigenvalue weighted by atomic mass is 10.2. The van der Waals surface area contributed by atoms with E-state index in [0.717, 1.165) is 13.0 Å². The molecule has 0 aromatic rings. The van der Waals surface area contributed by atoms with Gasteiger partial charge in [0, 0.05) is 12.6 Å². The summed E-state index contributed by atoms with van der Waals surface area (Å²) in [4.78, 5) is 13.1. The molecule has 1 aliphatic carbocycles. The summed E-state index contributed by atoms with van der Waals surface area (Å²) in [6.45, 7) is 1.98. The molecule has 1 amide bonds. The minimum absolute atomic E-state index is 0.228. The highest BCUT2D eigenvalue weighted by Crippen LogP contribution is 2.23. The van der Waals surface area contributed by atoms with Crippen molar-refractivity contribution < 1.29 is 4.79 Å². The van der Waals surface area contributed by atoms with Crippen LogP contribution in [-0.2, 0) is 4.79 Å². The monoisotopic (exact) mass is 199 g/mol. The molecule has 14 heavy (non-hydrogen) atoms. The van der Waals surface area contributed by atoms with Gasteiger partial charge >= 0.3 is 0 Å². The molecule has 1 aliphatic rings. The Morgan fingerprint density at radius 1 is 1.36 bits per heavy atom. The molecule has 4 nitrogen and oxygen atoms in total. The number of rotatable bonds is 6. The van der Waals surface area contributed by atoms with Crippen molar-refractivity contribution in [3.63, 3.8) is 0 Å².